The van der Waals surface area contributed by atoms with Gasteiger partial charge in [0, 0.05) is 10.9 Å². The highest BCUT2D eigenvalue weighted by Gasteiger charge is 2.31. The fourth-order valence-corrected chi connectivity index (χ4v) is 2.37. The van der Waals surface area contributed by atoms with E-state index in [1.807, 2.05) is 25.1 Å². The van der Waals surface area contributed by atoms with Crippen LogP contribution in [0.3, 0.4) is 0 Å². The predicted molar refractivity (Wildman–Crippen MR) is 87.2 cm³/mol. The molecule has 0 saturated carbocycles. The monoisotopic (exact) mass is 388 g/mol. The molecule has 2 aromatic rings. The lowest BCUT2D eigenvalue weighted by atomic mass is 10.0. The fourth-order valence-electron chi connectivity index (χ4n) is 2.14. The van der Waals surface area contributed by atoms with E-state index in [0.29, 0.717) is 6.61 Å². The summed E-state index contributed by atoms with van der Waals surface area (Å²) in [5.74, 6) is 0.508. The van der Waals surface area contributed by atoms with Crippen molar-refractivity contribution in [3.8, 4) is 22.6 Å². The molecule has 0 atom stereocenters. The van der Waals surface area contributed by atoms with Crippen molar-refractivity contribution in [1.82, 2.24) is 0 Å². The van der Waals surface area contributed by atoms with Gasteiger partial charge in [-0.05, 0) is 36.6 Å². The zero-order valence-corrected chi connectivity index (χ0v) is 14.1. The van der Waals surface area contributed by atoms with E-state index >= 15 is 0 Å². The lowest BCUT2D eigenvalue weighted by Crippen LogP contribution is -2.16. The van der Waals surface area contributed by atoms with Crippen LogP contribution in [0.5, 0.6) is 11.5 Å². The van der Waals surface area contributed by atoms with Crippen LogP contribution in [0.4, 0.5) is 13.2 Å². The average molecular weight is 389 g/mol. The number of benzene rings is 2. The normalized spacial score (nSPS) is 11.3. The molecule has 2 rings (SSSR count). The number of ether oxygens (including phenoxy) is 2. The summed E-state index contributed by atoms with van der Waals surface area (Å²) in [5, 5.41) is 0.845. The summed E-state index contributed by atoms with van der Waals surface area (Å²) < 4.78 is 46.3. The molecule has 0 aliphatic carbocycles. The first kappa shape index (κ1) is 17.7. The van der Waals surface area contributed by atoms with Crippen LogP contribution in [0.25, 0.3) is 11.1 Å². The molecular formula is C17H16BrF3O2. The highest BCUT2D eigenvalue weighted by atomic mass is 79.9. The Morgan fingerprint density at radius 3 is 2.35 bits per heavy atom. The van der Waals surface area contributed by atoms with Crippen molar-refractivity contribution in [3.63, 3.8) is 0 Å². The van der Waals surface area contributed by atoms with Gasteiger partial charge in [0.25, 0.3) is 0 Å². The Labute approximate surface area is 141 Å². The van der Waals surface area contributed by atoms with E-state index in [-0.39, 0.29) is 5.75 Å². The molecule has 0 amide bonds. The van der Waals surface area contributed by atoms with Crippen LogP contribution in [-0.2, 0) is 0 Å². The minimum Gasteiger partial charge on any atom is -0.493 e. The molecule has 6 heteroatoms. The maximum atomic E-state index is 12.2. The molecule has 0 unspecified atom stereocenters. The van der Waals surface area contributed by atoms with Gasteiger partial charge in [0.1, 0.15) is 11.5 Å². The van der Waals surface area contributed by atoms with Crippen LogP contribution in [-0.4, -0.2) is 18.3 Å². The number of rotatable bonds is 6. The molecule has 0 aliphatic heterocycles. The van der Waals surface area contributed by atoms with E-state index < -0.39 is 6.36 Å². The number of hydrogen-bond donors (Lipinski definition) is 0. The molecule has 0 radical (unpaired) electrons. The second-order valence-electron chi connectivity index (χ2n) is 4.91. The second kappa shape index (κ2) is 7.73. The van der Waals surface area contributed by atoms with Gasteiger partial charge in [0.2, 0.25) is 0 Å². The van der Waals surface area contributed by atoms with Gasteiger partial charge >= 0.3 is 6.36 Å². The molecule has 0 heterocycles. The SMILES string of the molecule is Cc1cccc(-c2ccc(OC(F)(F)F)cc2)c1OCCCBr. The van der Waals surface area contributed by atoms with Crippen LogP contribution in [0.15, 0.2) is 42.5 Å². The zero-order valence-electron chi connectivity index (χ0n) is 12.5. The molecular weight excluding hydrogens is 373 g/mol. The third-order valence-electron chi connectivity index (χ3n) is 3.14. The summed E-state index contributed by atoms with van der Waals surface area (Å²) in [7, 11) is 0. The summed E-state index contributed by atoms with van der Waals surface area (Å²) >= 11 is 3.35. The van der Waals surface area contributed by atoms with E-state index in [2.05, 4.69) is 20.7 Å². The molecule has 124 valence electrons. The van der Waals surface area contributed by atoms with Crippen LogP contribution in [0, 0.1) is 6.92 Å². The van der Waals surface area contributed by atoms with Crippen molar-refractivity contribution in [2.45, 2.75) is 19.7 Å². The number of para-hydroxylation sites is 1. The molecule has 0 fully saturated rings. The van der Waals surface area contributed by atoms with Crippen molar-refractivity contribution < 1.29 is 22.6 Å². The smallest absolute Gasteiger partial charge is 0.493 e. The van der Waals surface area contributed by atoms with Gasteiger partial charge in [0.15, 0.2) is 0 Å². The Morgan fingerprint density at radius 2 is 1.74 bits per heavy atom. The molecule has 0 N–H and O–H groups in total. The van der Waals surface area contributed by atoms with Gasteiger partial charge in [-0.2, -0.15) is 0 Å². The maximum Gasteiger partial charge on any atom is 0.573 e. The molecule has 0 bridgehead atoms. The number of alkyl halides is 4. The van der Waals surface area contributed by atoms with E-state index in [1.54, 1.807) is 12.1 Å². The molecule has 0 aromatic heterocycles. The number of halogens is 4. The summed E-state index contributed by atoms with van der Waals surface area (Å²) in [6, 6.07) is 11.5. The minimum atomic E-state index is -4.69. The number of hydrogen-bond acceptors (Lipinski definition) is 2. The predicted octanol–water partition coefficient (Wildman–Crippen LogP) is 5.72. The molecule has 23 heavy (non-hydrogen) atoms. The molecule has 0 spiro atoms. The summed E-state index contributed by atoms with van der Waals surface area (Å²) in [6.07, 6.45) is -3.82. The Bertz CT molecular complexity index is 639. The molecule has 2 aromatic carbocycles. The minimum absolute atomic E-state index is 0.240. The van der Waals surface area contributed by atoms with Gasteiger partial charge < -0.3 is 9.47 Å². The lowest BCUT2D eigenvalue weighted by molar-refractivity contribution is -0.274. The van der Waals surface area contributed by atoms with Crippen molar-refractivity contribution in [2.75, 3.05) is 11.9 Å². The Balaban J connectivity index is 2.25. The lowest BCUT2D eigenvalue weighted by Gasteiger charge is -2.15. The highest BCUT2D eigenvalue weighted by molar-refractivity contribution is 9.09. The van der Waals surface area contributed by atoms with Gasteiger partial charge in [-0.1, -0.05) is 46.3 Å². The van der Waals surface area contributed by atoms with E-state index in [1.165, 1.54) is 12.1 Å². The molecule has 0 aliphatic rings. The molecule has 2 nitrogen and oxygen atoms in total. The summed E-state index contributed by atoms with van der Waals surface area (Å²) in [5.41, 5.74) is 2.60. The fraction of sp³-hybridized carbons (Fsp3) is 0.294. The van der Waals surface area contributed by atoms with Crippen LogP contribution < -0.4 is 9.47 Å². The van der Waals surface area contributed by atoms with E-state index in [4.69, 9.17) is 4.74 Å². The summed E-state index contributed by atoms with van der Waals surface area (Å²) in [6.45, 7) is 2.51. The van der Waals surface area contributed by atoms with Crippen LogP contribution in [0.2, 0.25) is 0 Å². The van der Waals surface area contributed by atoms with Crippen LogP contribution in [0.1, 0.15) is 12.0 Å². The van der Waals surface area contributed by atoms with Crippen molar-refractivity contribution in [3.05, 3.63) is 48.0 Å². The standard InChI is InChI=1S/C17H16BrF3O2/c1-12-4-2-5-15(16(12)22-11-3-10-18)13-6-8-14(9-7-13)23-17(19,20)21/h2,4-9H,3,10-11H2,1H3. The highest BCUT2D eigenvalue weighted by Crippen LogP contribution is 2.34. The molecule has 0 saturated heterocycles. The Hall–Kier alpha value is -1.69. The average Bonchev–Trinajstić information content (AvgIpc) is 2.48. The van der Waals surface area contributed by atoms with Gasteiger partial charge in [-0.3, -0.25) is 0 Å². The zero-order chi connectivity index (χ0) is 16.9. The van der Waals surface area contributed by atoms with Gasteiger partial charge in [0.05, 0.1) is 6.61 Å². The first-order valence-corrected chi connectivity index (χ1v) is 8.17. The van der Waals surface area contributed by atoms with Crippen molar-refractivity contribution in [1.29, 1.82) is 0 Å². The second-order valence-corrected chi connectivity index (χ2v) is 5.71. The van der Waals surface area contributed by atoms with E-state index in [9.17, 15) is 13.2 Å². The third kappa shape index (κ3) is 5.16. The maximum absolute atomic E-state index is 12.2. The quantitative estimate of drug-likeness (QED) is 0.465. The third-order valence-corrected chi connectivity index (χ3v) is 3.70. The van der Waals surface area contributed by atoms with Crippen LogP contribution >= 0.6 is 15.9 Å². The Morgan fingerprint density at radius 1 is 1.04 bits per heavy atom. The van der Waals surface area contributed by atoms with Gasteiger partial charge in [-0.25, -0.2) is 0 Å². The number of aryl methyl sites for hydroxylation is 1. The largest absolute Gasteiger partial charge is 0.573 e. The first-order valence-electron chi connectivity index (χ1n) is 7.05. The summed E-state index contributed by atoms with van der Waals surface area (Å²) in [4.78, 5) is 0. The topological polar surface area (TPSA) is 18.5 Å². The van der Waals surface area contributed by atoms with Crippen molar-refractivity contribution >= 4 is 15.9 Å². The van der Waals surface area contributed by atoms with Crippen molar-refractivity contribution in [2.24, 2.45) is 0 Å². The Kier molecular flexibility index (Phi) is 5.93. The first-order chi connectivity index (χ1) is 10.9. The van der Waals surface area contributed by atoms with E-state index in [0.717, 1.165) is 34.2 Å². The van der Waals surface area contributed by atoms with Gasteiger partial charge in [-0.15, -0.1) is 13.2 Å².